The molecule has 4 fully saturated rings. The Morgan fingerprint density at radius 3 is 2.73 bits per heavy atom. The summed E-state index contributed by atoms with van der Waals surface area (Å²) in [7, 11) is 0. The van der Waals surface area contributed by atoms with Crippen molar-refractivity contribution in [2.24, 2.45) is 45.4 Å². The number of unbranched alkanes of at least 4 members (excludes halogenated alkanes) is 1. The number of oxime groups is 1. The van der Waals surface area contributed by atoms with E-state index >= 15 is 0 Å². The van der Waals surface area contributed by atoms with Crippen LogP contribution in [-0.2, 0) is 4.84 Å². The topological polar surface area (TPSA) is 67.8 Å². The average molecular weight is 417 g/mol. The van der Waals surface area contributed by atoms with Crippen LogP contribution in [0.1, 0.15) is 90.9 Å². The fraction of sp³-hybridized carbons (Fsp3) is 0.885. The summed E-state index contributed by atoms with van der Waals surface area (Å²) < 4.78 is 0. The Bertz CT molecular complexity index is 649. The largest absolute Gasteiger partial charge is 0.396 e. The van der Waals surface area contributed by atoms with Crippen molar-refractivity contribution in [1.29, 1.82) is 0 Å². The first-order valence-corrected chi connectivity index (χ1v) is 12.7. The number of fused-ring (bicyclic) bond motifs is 5. The van der Waals surface area contributed by atoms with E-state index in [9.17, 15) is 5.11 Å². The molecule has 4 aliphatic rings. The first-order chi connectivity index (χ1) is 14.4. The number of nitrogens with two attached hydrogens (primary N) is 1. The van der Waals surface area contributed by atoms with E-state index in [0.717, 1.165) is 49.9 Å². The second kappa shape index (κ2) is 8.94. The first-order valence-electron chi connectivity index (χ1n) is 12.7. The lowest BCUT2D eigenvalue weighted by atomic mass is 9.44. The van der Waals surface area contributed by atoms with Crippen molar-refractivity contribution in [3.63, 3.8) is 0 Å². The predicted molar refractivity (Wildman–Crippen MR) is 123 cm³/mol. The minimum Gasteiger partial charge on any atom is -0.396 e. The van der Waals surface area contributed by atoms with E-state index in [1.54, 1.807) is 6.21 Å². The second-order valence-electron chi connectivity index (χ2n) is 11.5. The minimum atomic E-state index is -0.681. The SMILES string of the molecule is C[C@@]12CCC[C@H]1[C@@H]1CC[C@@H]3C[C@](O)(/C=C/C=N/OCCCCN)CC[C@]3(C)[C@H]1CC2. The summed E-state index contributed by atoms with van der Waals surface area (Å²) in [5.74, 6) is 3.44. The van der Waals surface area contributed by atoms with Crippen LogP contribution in [0.3, 0.4) is 0 Å². The zero-order chi connectivity index (χ0) is 21.2. The Hall–Kier alpha value is -0.870. The fourth-order valence-electron chi connectivity index (χ4n) is 8.08. The van der Waals surface area contributed by atoms with E-state index < -0.39 is 5.60 Å². The van der Waals surface area contributed by atoms with Crippen molar-refractivity contribution in [2.45, 2.75) is 96.5 Å². The highest BCUT2D eigenvalue weighted by molar-refractivity contribution is 5.70. The molecular weight excluding hydrogens is 372 g/mol. The normalized spacial score (nSPS) is 46.0. The number of hydrogen-bond acceptors (Lipinski definition) is 4. The molecule has 4 aliphatic carbocycles. The van der Waals surface area contributed by atoms with Crippen LogP contribution in [0.25, 0.3) is 0 Å². The molecule has 4 rings (SSSR count). The van der Waals surface area contributed by atoms with Gasteiger partial charge in [0.05, 0.1) is 11.8 Å². The van der Waals surface area contributed by atoms with Crippen LogP contribution in [0.15, 0.2) is 17.3 Å². The quantitative estimate of drug-likeness (QED) is 0.329. The van der Waals surface area contributed by atoms with Gasteiger partial charge in [-0.2, -0.15) is 0 Å². The minimum absolute atomic E-state index is 0.424. The maximum atomic E-state index is 11.3. The van der Waals surface area contributed by atoms with Gasteiger partial charge < -0.3 is 15.7 Å². The summed E-state index contributed by atoms with van der Waals surface area (Å²) in [4.78, 5) is 5.24. The van der Waals surface area contributed by atoms with Gasteiger partial charge in [-0.3, -0.25) is 0 Å². The van der Waals surface area contributed by atoms with Crippen LogP contribution in [0.2, 0.25) is 0 Å². The molecule has 0 saturated heterocycles. The van der Waals surface area contributed by atoms with E-state index in [1.165, 1.54) is 44.9 Å². The van der Waals surface area contributed by atoms with Crippen LogP contribution >= 0.6 is 0 Å². The van der Waals surface area contributed by atoms with Crippen LogP contribution in [0.4, 0.5) is 0 Å². The maximum absolute atomic E-state index is 11.3. The molecule has 0 spiro atoms. The summed E-state index contributed by atoms with van der Waals surface area (Å²) in [6, 6.07) is 0. The van der Waals surface area contributed by atoms with Gasteiger partial charge in [-0.1, -0.05) is 31.5 Å². The molecule has 4 nitrogen and oxygen atoms in total. The third-order valence-corrected chi connectivity index (χ3v) is 9.86. The van der Waals surface area contributed by atoms with Crippen LogP contribution < -0.4 is 5.73 Å². The number of rotatable bonds is 7. The summed E-state index contributed by atoms with van der Waals surface area (Å²) in [6.07, 6.45) is 20.3. The number of aliphatic hydroxyl groups is 1. The van der Waals surface area contributed by atoms with Gasteiger partial charge in [0.15, 0.2) is 0 Å². The average Bonchev–Trinajstić information content (AvgIpc) is 3.12. The molecule has 0 bridgehead atoms. The molecule has 4 heteroatoms. The van der Waals surface area contributed by atoms with Gasteiger partial charge in [-0.25, -0.2) is 0 Å². The molecule has 3 N–H and O–H groups in total. The molecule has 30 heavy (non-hydrogen) atoms. The lowest BCUT2D eigenvalue weighted by molar-refractivity contribution is -0.135. The van der Waals surface area contributed by atoms with Crippen molar-refractivity contribution in [1.82, 2.24) is 0 Å². The maximum Gasteiger partial charge on any atom is 0.117 e. The predicted octanol–water partition coefficient (Wildman–Crippen LogP) is 5.45. The van der Waals surface area contributed by atoms with E-state index in [4.69, 9.17) is 10.6 Å². The van der Waals surface area contributed by atoms with Gasteiger partial charge >= 0.3 is 0 Å². The third kappa shape index (κ3) is 4.24. The lowest BCUT2D eigenvalue weighted by Crippen LogP contribution is -2.55. The van der Waals surface area contributed by atoms with Gasteiger partial charge in [0.2, 0.25) is 0 Å². The molecule has 0 aliphatic heterocycles. The van der Waals surface area contributed by atoms with Gasteiger partial charge in [0.1, 0.15) is 6.61 Å². The van der Waals surface area contributed by atoms with Crippen molar-refractivity contribution in [3.8, 4) is 0 Å². The van der Waals surface area contributed by atoms with Gasteiger partial charge in [0, 0.05) is 0 Å². The summed E-state index contributed by atoms with van der Waals surface area (Å²) in [6.45, 7) is 6.46. The Kier molecular flexibility index (Phi) is 6.65. The molecule has 0 heterocycles. The highest BCUT2D eigenvalue weighted by atomic mass is 16.6. The van der Waals surface area contributed by atoms with Crippen molar-refractivity contribution in [2.75, 3.05) is 13.2 Å². The first kappa shape index (κ1) is 22.3. The third-order valence-electron chi connectivity index (χ3n) is 9.86. The van der Waals surface area contributed by atoms with E-state index in [2.05, 4.69) is 19.0 Å². The van der Waals surface area contributed by atoms with E-state index in [1.807, 2.05) is 12.2 Å². The van der Waals surface area contributed by atoms with Crippen LogP contribution in [-0.4, -0.2) is 30.1 Å². The molecule has 0 aromatic heterocycles. The van der Waals surface area contributed by atoms with Crippen molar-refractivity contribution >= 4 is 6.21 Å². The number of nitrogens with zero attached hydrogens (tertiary/aromatic N) is 1. The smallest absolute Gasteiger partial charge is 0.117 e. The zero-order valence-corrected chi connectivity index (χ0v) is 19.3. The van der Waals surface area contributed by atoms with Gasteiger partial charge in [-0.05, 0) is 118 Å². The number of hydrogen-bond donors (Lipinski definition) is 2. The monoisotopic (exact) mass is 416 g/mol. The fourth-order valence-corrected chi connectivity index (χ4v) is 8.08. The van der Waals surface area contributed by atoms with Gasteiger partial charge in [0.25, 0.3) is 0 Å². The molecule has 170 valence electrons. The molecule has 0 unspecified atom stereocenters. The van der Waals surface area contributed by atoms with Gasteiger partial charge in [-0.15, -0.1) is 0 Å². The molecule has 0 aromatic rings. The Morgan fingerprint density at radius 2 is 1.90 bits per heavy atom. The highest BCUT2D eigenvalue weighted by Gasteiger charge is 2.58. The zero-order valence-electron chi connectivity index (χ0n) is 19.3. The van der Waals surface area contributed by atoms with E-state index in [-0.39, 0.29) is 0 Å². The Balaban J connectivity index is 1.35. The lowest BCUT2D eigenvalue weighted by Gasteiger charge is -2.61. The molecule has 0 radical (unpaired) electrons. The Morgan fingerprint density at radius 1 is 1.03 bits per heavy atom. The molecule has 0 amide bonds. The highest BCUT2D eigenvalue weighted by Crippen LogP contribution is 2.66. The van der Waals surface area contributed by atoms with Crippen LogP contribution in [0.5, 0.6) is 0 Å². The molecule has 7 atom stereocenters. The van der Waals surface area contributed by atoms with Crippen molar-refractivity contribution in [3.05, 3.63) is 12.2 Å². The summed E-state index contributed by atoms with van der Waals surface area (Å²) in [5.41, 5.74) is 5.85. The standard InChI is InChI=1S/C26H44N2O2/c1-24-11-5-7-22(24)21-9-8-20-19-26(29,12-6-17-28-30-18-4-3-16-27)15-14-25(20,2)23(21)10-13-24/h6,12,17,20-23,29H,3-5,7-11,13-16,18-19,27H2,1-2H3/b12-6+,28-17+/t20-,21+,22+,23+,24+,25+,26+/m1/s1. The summed E-state index contributed by atoms with van der Waals surface area (Å²) in [5, 5.41) is 15.3. The molecule has 4 saturated carbocycles. The Labute approximate surface area is 183 Å². The van der Waals surface area contributed by atoms with E-state index in [0.29, 0.717) is 29.9 Å². The summed E-state index contributed by atoms with van der Waals surface area (Å²) >= 11 is 0. The van der Waals surface area contributed by atoms with Crippen LogP contribution in [0, 0.1) is 34.5 Å². The molecule has 0 aromatic carbocycles. The molecular formula is C26H44N2O2. The number of allylic oxidation sites excluding steroid dienone is 1. The second-order valence-corrected chi connectivity index (χ2v) is 11.5. The van der Waals surface area contributed by atoms with Crippen molar-refractivity contribution < 1.29 is 9.94 Å².